The van der Waals surface area contributed by atoms with Crippen LogP contribution in [0, 0.1) is 13.8 Å². The maximum Gasteiger partial charge on any atom is 0.317 e. The van der Waals surface area contributed by atoms with Crippen molar-refractivity contribution in [2.75, 3.05) is 38.2 Å². The third-order valence-electron chi connectivity index (χ3n) is 5.91. The lowest BCUT2D eigenvalue weighted by molar-refractivity contribution is 0.201. The number of rotatable bonds is 5. The minimum Gasteiger partial charge on any atom is -0.496 e. The first kappa shape index (κ1) is 21.7. The summed E-state index contributed by atoms with van der Waals surface area (Å²) < 4.78 is 11.3. The van der Waals surface area contributed by atoms with Crippen molar-refractivity contribution in [3.05, 3.63) is 65.7 Å². The molecule has 168 valence electrons. The summed E-state index contributed by atoms with van der Waals surface area (Å²) in [5, 5.41) is 3.07. The van der Waals surface area contributed by atoms with E-state index in [1.165, 1.54) is 5.56 Å². The van der Waals surface area contributed by atoms with E-state index in [0.29, 0.717) is 24.7 Å². The molecule has 7 nitrogen and oxygen atoms in total. The molecule has 0 atom stereocenters. The summed E-state index contributed by atoms with van der Waals surface area (Å²) in [5.41, 5.74) is 4.28. The van der Waals surface area contributed by atoms with Crippen LogP contribution < -0.4 is 15.0 Å². The average Bonchev–Trinajstić information content (AvgIpc) is 3.09. The van der Waals surface area contributed by atoms with Gasteiger partial charge >= 0.3 is 6.03 Å². The lowest BCUT2D eigenvalue weighted by Crippen LogP contribution is -2.41. The molecule has 0 unspecified atom stereocenters. The van der Waals surface area contributed by atoms with Gasteiger partial charge in [-0.25, -0.2) is 9.78 Å². The highest BCUT2D eigenvalue weighted by Crippen LogP contribution is 2.34. The smallest absolute Gasteiger partial charge is 0.317 e. The second-order valence-electron chi connectivity index (χ2n) is 8.04. The number of urea groups is 1. The molecule has 1 N–H and O–H groups in total. The molecule has 1 fully saturated rings. The first-order chi connectivity index (χ1) is 15.5. The fourth-order valence-electron chi connectivity index (χ4n) is 4.04. The number of nitrogens with one attached hydrogen (secondary N) is 1. The van der Waals surface area contributed by atoms with Crippen LogP contribution in [-0.2, 0) is 6.54 Å². The Kier molecular flexibility index (Phi) is 6.63. The second kappa shape index (κ2) is 9.77. The molecule has 0 bridgehead atoms. The van der Waals surface area contributed by atoms with E-state index in [9.17, 15) is 4.79 Å². The van der Waals surface area contributed by atoms with Gasteiger partial charge in [-0.15, -0.1) is 0 Å². The molecule has 7 heteroatoms. The molecular weight excluding hydrogens is 404 g/mol. The van der Waals surface area contributed by atoms with Gasteiger partial charge in [-0.2, -0.15) is 0 Å². The minimum absolute atomic E-state index is 0.0104. The second-order valence-corrected chi connectivity index (χ2v) is 8.04. The number of oxazole rings is 1. The molecule has 1 aromatic heterocycles. The number of methoxy groups -OCH3 is 1. The van der Waals surface area contributed by atoms with Crippen molar-refractivity contribution < 1.29 is 13.9 Å². The largest absolute Gasteiger partial charge is 0.496 e. The number of anilines is 1. The number of hydrogen-bond donors (Lipinski definition) is 1. The van der Waals surface area contributed by atoms with E-state index in [4.69, 9.17) is 9.15 Å². The van der Waals surface area contributed by atoms with Crippen LogP contribution in [0.2, 0.25) is 0 Å². The van der Waals surface area contributed by atoms with Gasteiger partial charge in [-0.05, 0) is 36.6 Å². The first-order valence-electron chi connectivity index (χ1n) is 11.0. The van der Waals surface area contributed by atoms with Crippen LogP contribution >= 0.6 is 0 Å². The highest BCUT2D eigenvalue weighted by molar-refractivity contribution is 5.74. The summed E-state index contributed by atoms with van der Waals surface area (Å²) in [7, 11) is 1.66. The minimum atomic E-state index is -0.0104. The van der Waals surface area contributed by atoms with Gasteiger partial charge in [-0.3, -0.25) is 0 Å². The zero-order chi connectivity index (χ0) is 22.5. The van der Waals surface area contributed by atoms with Crippen molar-refractivity contribution in [1.29, 1.82) is 0 Å². The molecule has 0 spiro atoms. The van der Waals surface area contributed by atoms with Gasteiger partial charge in [-0.1, -0.05) is 24.3 Å². The molecule has 32 heavy (non-hydrogen) atoms. The number of nitrogens with zero attached hydrogens (tertiary/aromatic N) is 3. The van der Waals surface area contributed by atoms with Gasteiger partial charge < -0.3 is 24.3 Å². The number of aryl methyl sites for hydroxylation is 2. The Morgan fingerprint density at radius 2 is 1.97 bits per heavy atom. The first-order valence-corrected chi connectivity index (χ1v) is 11.0. The third kappa shape index (κ3) is 4.88. The van der Waals surface area contributed by atoms with Crippen LogP contribution in [0.3, 0.4) is 0 Å². The Morgan fingerprint density at radius 1 is 1.12 bits per heavy atom. The number of aromatic nitrogens is 1. The lowest BCUT2D eigenvalue weighted by atomic mass is 10.1. The Bertz CT molecular complexity index is 1080. The van der Waals surface area contributed by atoms with E-state index >= 15 is 0 Å². The van der Waals surface area contributed by atoms with Crippen molar-refractivity contribution in [2.45, 2.75) is 26.8 Å². The number of carbonyl (C=O) groups excluding carboxylic acids is 1. The highest BCUT2D eigenvalue weighted by Gasteiger charge is 2.20. The predicted molar refractivity (Wildman–Crippen MR) is 125 cm³/mol. The number of benzene rings is 2. The summed E-state index contributed by atoms with van der Waals surface area (Å²) in [6.07, 6.45) is 2.62. The van der Waals surface area contributed by atoms with Crippen LogP contribution in [-0.4, -0.2) is 49.2 Å². The van der Waals surface area contributed by atoms with Crippen LogP contribution in [0.1, 0.15) is 23.4 Å². The standard InChI is InChI=1S/C25H30N4O3/c1-18-7-4-5-8-20(18)16-27-25(30)29-12-6-11-28(13-14-29)21-9-10-22(23(15-21)31-3)24-17-26-19(2)32-24/h4-5,7-10,15,17H,6,11-14,16H2,1-3H3,(H,27,30). The zero-order valence-electron chi connectivity index (χ0n) is 18.9. The third-order valence-corrected chi connectivity index (χ3v) is 5.91. The van der Waals surface area contributed by atoms with E-state index in [1.807, 2.05) is 36.1 Å². The van der Waals surface area contributed by atoms with Gasteiger partial charge in [0, 0.05) is 51.4 Å². The fraction of sp³-hybridized carbons (Fsp3) is 0.360. The predicted octanol–water partition coefficient (Wildman–Crippen LogP) is 4.39. The summed E-state index contributed by atoms with van der Waals surface area (Å²) in [6.45, 7) is 7.49. The topological polar surface area (TPSA) is 70.8 Å². The zero-order valence-corrected chi connectivity index (χ0v) is 18.9. The maximum absolute atomic E-state index is 12.7. The molecular formula is C25H30N4O3. The molecule has 2 heterocycles. The molecule has 0 saturated carbocycles. The fourth-order valence-corrected chi connectivity index (χ4v) is 4.04. The van der Waals surface area contributed by atoms with E-state index < -0.39 is 0 Å². The number of carbonyl (C=O) groups is 1. The van der Waals surface area contributed by atoms with Gasteiger partial charge in [0.15, 0.2) is 11.7 Å². The van der Waals surface area contributed by atoms with E-state index in [2.05, 4.69) is 40.3 Å². The quantitative estimate of drug-likeness (QED) is 0.645. The molecule has 3 aromatic rings. The molecule has 1 aliphatic rings. The molecule has 1 saturated heterocycles. The van der Waals surface area contributed by atoms with Crippen molar-refractivity contribution in [2.24, 2.45) is 0 Å². The number of ether oxygens (including phenoxy) is 1. The van der Waals surface area contributed by atoms with E-state index in [0.717, 1.165) is 48.6 Å². The number of hydrogen-bond acceptors (Lipinski definition) is 5. The Balaban J connectivity index is 1.39. The Labute approximate surface area is 189 Å². The van der Waals surface area contributed by atoms with E-state index in [-0.39, 0.29) is 6.03 Å². The molecule has 1 aliphatic heterocycles. The monoisotopic (exact) mass is 434 g/mol. The van der Waals surface area contributed by atoms with E-state index in [1.54, 1.807) is 13.3 Å². The number of amides is 2. The van der Waals surface area contributed by atoms with Gasteiger partial charge in [0.2, 0.25) is 0 Å². The van der Waals surface area contributed by atoms with Gasteiger partial charge in [0.05, 0.1) is 18.9 Å². The van der Waals surface area contributed by atoms with Crippen molar-refractivity contribution in [3.63, 3.8) is 0 Å². The Morgan fingerprint density at radius 3 is 2.72 bits per heavy atom. The Hall–Kier alpha value is -3.48. The molecule has 0 radical (unpaired) electrons. The van der Waals surface area contributed by atoms with Crippen LogP contribution in [0.15, 0.2) is 53.1 Å². The summed E-state index contributed by atoms with van der Waals surface area (Å²) >= 11 is 0. The van der Waals surface area contributed by atoms with Crippen LogP contribution in [0.25, 0.3) is 11.3 Å². The van der Waals surface area contributed by atoms with Crippen LogP contribution in [0.5, 0.6) is 5.75 Å². The van der Waals surface area contributed by atoms with Crippen molar-refractivity contribution in [1.82, 2.24) is 15.2 Å². The molecule has 0 aliphatic carbocycles. The van der Waals surface area contributed by atoms with Gasteiger partial charge in [0.1, 0.15) is 5.75 Å². The molecule has 4 rings (SSSR count). The lowest BCUT2D eigenvalue weighted by Gasteiger charge is -2.24. The average molecular weight is 435 g/mol. The molecule has 2 aromatic carbocycles. The maximum atomic E-state index is 12.7. The SMILES string of the molecule is COc1cc(N2CCCN(C(=O)NCc3ccccc3C)CC2)ccc1-c1cnc(C)o1. The van der Waals surface area contributed by atoms with Gasteiger partial charge in [0.25, 0.3) is 0 Å². The van der Waals surface area contributed by atoms with Crippen molar-refractivity contribution in [3.8, 4) is 17.1 Å². The molecule has 2 amide bonds. The summed E-state index contributed by atoms with van der Waals surface area (Å²) in [6, 6.07) is 14.2. The van der Waals surface area contributed by atoms with Crippen molar-refractivity contribution >= 4 is 11.7 Å². The summed E-state index contributed by atoms with van der Waals surface area (Å²) in [5.74, 6) is 2.06. The highest BCUT2D eigenvalue weighted by atomic mass is 16.5. The summed E-state index contributed by atoms with van der Waals surface area (Å²) in [4.78, 5) is 21.1. The van der Waals surface area contributed by atoms with Crippen LogP contribution in [0.4, 0.5) is 10.5 Å². The normalized spacial score (nSPS) is 14.2.